The van der Waals surface area contributed by atoms with E-state index in [0.717, 1.165) is 41.1 Å². The molecule has 5 nitrogen and oxygen atoms in total. The first-order chi connectivity index (χ1) is 13.5. The van der Waals surface area contributed by atoms with Crippen molar-refractivity contribution in [2.45, 2.75) is 46.2 Å². The summed E-state index contributed by atoms with van der Waals surface area (Å²) in [5.41, 5.74) is 3.05. The number of benzene rings is 2. The van der Waals surface area contributed by atoms with Gasteiger partial charge in [-0.05, 0) is 42.7 Å². The fourth-order valence-corrected chi connectivity index (χ4v) is 3.34. The van der Waals surface area contributed by atoms with E-state index < -0.39 is 0 Å². The number of para-hydroxylation sites is 2. The first-order valence-corrected chi connectivity index (χ1v) is 9.89. The van der Waals surface area contributed by atoms with Gasteiger partial charge in [0.2, 0.25) is 5.91 Å². The number of nitrogens with one attached hydrogen (secondary N) is 1. The number of aromatic nitrogens is 2. The minimum Gasteiger partial charge on any atom is -0.497 e. The number of ether oxygens (including phenoxy) is 1. The van der Waals surface area contributed by atoms with Gasteiger partial charge in [0.1, 0.15) is 11.6 Å². The number of hydrogen-bond acceptors (Lipinski definition) is 3. The molecule has 0 fully saturated rings. The van der Waals surface area contributed by atoms with Crippen LogP contribution in [0.15, 0.2) is 48.5 Å². The van der Waals surface area contributed by atoms with Gasteiger partial charge in [-0.3, -0.25) is 4.79 Å². The number of carbonyl (C=O) groups excluding carboxylic acids is 1. The van der Waals surface area contributed by atoms with Crippen LogP contribution >= 0.6 is 0 Å². The van der Waals surface area contributed by atoms with E-state index in [1.165, 1.54) is 0 Å². The zero-order valence-corrected chi connectivity index (χ0v) is 17.1. The van der Waals surface area contributed by atoms with Gasteiger partial charge in [0.15, 0.2) is 0 Å². The molecule has 0 aliphatic heterocycles. The number of hydrogen-bond donors (Lipinski definition) is 1. The van der Waals surface area contributed by atoms with E-state index in [1.54, 1.807) is 7.11 Å². The molecule has 0 saturated carbocycles. The molecule has 1 heterocycles. The third-order valence-electron chi connectivity index (χ3n) is 5.16. The van der Waals surface area contributed by atoms with Gasteiger partial charge in [0.25, 0.3) is 0 Å². The SMILES string of the molecule is CCC(C)Cn1c(C(C)NC(=O)Cc2ccc(OC)cc2)nc2ccccc21. The molecule has 148 valence electrons. The van der Waals surface area contributed by atoms with Crippen LogP contribution < -0.4 is 10.1 Å². The minimum absolute atomic E-state index is 0.0141. The van der Waals surface area contributed by atoms with Crippen LogP contribution in [-0.2, 0) is 17.8 Å². The van der Waals surface area contributed by atoms with E-state index in [2.05, 4.69) is 29.8 Å². The number of rotatable bonds is 8. The normalized spacial score (nSPS) is 13.3. The summed E-state index contributed by atoms with van der Waals surface area (Å²) in [5.74, 6) is 2.22. The summed E-state index contributed by atoms with van der Waals surface area (Å²) in [6.07, 6.45) is 1.43. The number of amides is 1. The number of carbonyl (C=O) groups is 1. The van der Waals surface area contributed by atoms with Crippen LogP contribution in [0.2, 0.25) is 0 Å². The molecule has 0 aliphatic carbocycles. The van der Waals surface area contributed by atoms with E-state index in [9.17, 15) is 4.79 Å². The van der Waals surface area contributed by atoms with E-state index in [1.807, 2.05) is 49.4 Å². The molecule has 0 spiro atoms. The van der Waals surface area contributed by atoms with Gasteiger partial charge in [0, 0.05) is 6.54 Å². The van der Waals surface area contributed by atoms with Crippen LogP contribution in [0.25, 0.3) is 11.0 Å². The Morgan fingerprint density at radius 2 is 1.86 bits per heavy atom. The van der Waals surface area contributed by atoms with Crippen molar-refractivity contribution in [1.29, 1.82) is 0 Å². The standard InChI is InChI=1S/C23H29N3O2/c1-5-16(2)15-26-21-9-7-6-8-20(21)25-23(26)17(3)24-22(27)14-18-10-12-19(28-4)13-11-18/h6-13,16-17H,5,14-15H2,1-4H3,(H,24,27). The molecule has 5 heteroatoms. The molecule has 3 aromatic rings. The maximum Gasteiger partial charge on any atom is 0.224 e. The largest absolute Gasteiger partial charge is 0.497 e. The van der Waals surface area contributed by atoms with E-state index in [-0.39, 0.29) is 11.9 Å². The Balaban J connectivity index is 1.77. The second-order valence-corrected chi connectivity index (χ2v) is 7.40. The van der Waals surface area contributed by atoms with Crippen molar-refractivity contribution >= 4 is 16.9 Å². The zero-order chi connectivity index (χ0) is 20.1. The summed E-state index contributed by atoms with van der Waals surface area (Å²) in [4.78, 5) is 17.4. The zero-order valence-electron chi connectivity index (χ0n) is 17.1. The van der Waals surface area contributed by atoms with E-state index >= 15 is 0 Å². The average molecular weight is 380 g/mol. The molecule has 0 saturated heterocycles. The molecule has 1 aromatic heterocycles. The molecule has 2 aromatic carbocycles. The van der Waals surface area contributed by atoms with Gasteiger partial charge < -0.3 is 14.6 Å². The van der Waals surface area contributed by atoms with Crippen LogP contribution in [0.1, 0.15) is 44.6 Å². The van der Waals surface area contributed by atoms with Gasteiger partial charge in [-0.1, -0.05) is 44.5 Å². The van der Waals surface area contributed by atoms with Gasteiger partial charge in [0.05, 0.1) is 30.6 Å². The summed E-state index contributed by atoms with van der Waals surface area (Å²) in [7, 11) is 1.63. The highest BCUT2D eigenvalue weighted by Gasteiger charge is 2.19. The molecule has 1 amide bonds. The van der Waals surface area contributed by atoms with Crippen molar-refractivity contribution in [3.8, 4) is 5.75 Å². The van der Waals surface area contributed by atoms with Crippen LogP contribution in [0.4, 0.5) is 0 Å². The van der Waals surface area contributed by atoms with Crippen molar-refractivity contribution in [3.63, 3.8) is 0 Å². The maximum atomic E-state index is 12.6. The fraction of sp³-hybridized carbons (Fsp3) is 0.391. The Labute approximate surface area is 166 Å². The van der Waals surface area contributed by atoms with Gasteiger partial charge in [-0.15, -0.1) is 0 Å². The van der Waals surface area contributed by atoms with Crippen molar-refractivity contribution in [2.75, 3.05) is 7.11 Å². The second kappa shape index (κ2) is 8.91. The lowest BCUT2D eigenvalue weighted by Gasteiger charge is -2.18. The lowest BCUT2D eigenvalue weighted by atomic mass is 10.1. The van der Waals surface area contributed by atoms with Gasteiger partial charge in [-0.25, -0.2) is 4.98 Å². The summed E-state index contributed by atoms with van der Waals surface area (Å²) in [6, 6.07) is 15.6. The monoisotopic (exact) mass is 379 g/mol. The Morgan fingerprint density at radius 1 is 1.14 bits per heavy atom. The first kappa shape index (κ1) is 19.9. The second-order valence-electron chi connectivity index (χ2n) is 7.40. The molecule has 2 unspecified atom stereocenters. The summed E-state index contributed by atoms with van der Waals surface area (Å²) in [5, 5.41) is 3.11. The van der Waals surface area contributed by atoms with Gasteiger partial charge in [-0.2, -0.15) is 0 Å². The van der Waals surface area contributed by atoms with Gasteiger partial charge >= 0.3 is 0 Å². The Hall–Kier alpha value is -2.82. The molecule has 0 bridgehead atoms. The summed E-state index contributed by atoms with van der Waals surface area (Å²) < 4.78 is 7.42. The van der Waals surface area contributed by atoms with Crippen LogP contribution in [0.5, 0.6) is 5.75 Å². The molecule has 2 atom stereocenters. The number of nitrogens with zero attached hydrogens (tertiary/aromatic N) is 2. The smallest absolute Gasteiger partial charge is 0.224 e. The van der Waals surface area contributed by atoms with Crippen LogP contribution in [0.3, 0.4) is 0 Å². The molecule has 28 heavy (non-hydrogen) atoms. The molecule has 0 aliphatic rings. The van der Waals surface area contributed by atoms with Crippen molar-refractivity contribution < 1.29 is 9.53 Å². The summed E-state index contributed by atoms with van der Waals surface area (Å²) >= 11 is 0. The average Bonchev–Trinajstić information content (AvgIpc) is 3.07. The fourth-order valence-electron chi connectivity index (χ4n) is 3.34. The van der Waals surface area contributed by atoms with E-state index in [4.69, 9.17) is 9.72 Å². The van der Waals surface area contributed by atoms with Crippen LogP contribution in [-0.4, -0.2) is 22.6 Å². The lowest BCUT2D eigenvalue weighted by Crippen LogP contribution is -2.30. The third-order valence-corrected chi connectivity index (χ3v) is 5.16. The topological polar surface area (TPSA) is 56.2 Å². The highest BCUT2D eigenvalue weighted by Crippen LogP contribution is 2.23. The van der Waals surface area contributed by atoms with Crippen molar-refractivity contribution in [1.82, 2.24) is 14.9 Å². The number of imidazole rings is 1. The molecule has 3 rings (SSSR count). The number of fused-ring (bicyclic) bond motifs is 1. The molecular weight excluding hydrogens is 350 g/mol. The quantitative estimate of drug-likeness (QED) is 0.626. The molecule has 0 radical (unpaired) electrons. The Bertz CT molecular complexity index is 931. The minimum atomic E-state index is -0.165. The van der Waals surface area contributed by atoms with E-state index in [0.29, 0.717) is 12.3 Å². The number of methoxy groups -OCH3 is 1. The lowest BCUT2D eigenvalue weighted by molar-refractivity contribution is -0.121. The third kappa shape index (κ3) is 4.53. The molecule has 1 N–H and O–H groups in total. The molecular formula is C23H29N3O2. The first-order valence-electron chi connectivity index (χ1n) is 9.89. The van der Waals surface area contributed by atoms with Crippen LogP contribution in [0, 0.1) is 5.92 Å². The van der Waals surface area contributed by atoms with Crippen molar-refractivity contribution in [2.24, 2.45) is 5.92 Å². The predicted octanol–water partition coefficient (Wildman–Crippen LogP) is 4.51. The highest BCUT2D eigenvalue weighted by molar-refractivity contribution is 5.79. The summed E-state index contributed by atoms with van der Waals surface area (Å²) in [6.45, 7) is 7.33. The Kier molecular flexibility index (Phi) is 6.34. The Morgan fingerprint density at radius 3 is 2.54 bits per heavy atom. The predicted molar refractivity (Wildman–Crippen MR) is 112 cm³/mol. The highest BCUT2D eigenvalue weighted by atomic mass is 16.5. The maximum absolute atomic E-state index is 12.6. The van der Waals surface area contributed by atoms with Crippen molar-refractivity contribution in [3.05, 3.63) is 59.9 Å².